The normalized spacial score (nSPS) is 20.3. The summed E-state index contributed by atoms with van der Waals surface area (Å²) in [5.41, 5.74) is -0.266. The highest BCUT2D eigenvalue weighted by Gasteiger charge is 2.53. The van der Waals surface area contributed by atoms with Gasteiger partial charge in [-0.2, -0.15) is 0 Å². The van der Waals surface area contributed by atoms with Gasteiger partial charge in [-0.25, -0.2) is 4.79 Å². The molecule has 2 saturated heterocycles. The number of carbonyl (C=O) groups excluding carboxylic acids is 3. The van der Waals surface area contributed by atoms with E-state index in [1.54, 1.807) is 29.4 Å². The molecule has 2 aliphatic rings. The van der Waals surface area contributed by atoms with Crippen LogP contribution in [0, 0.1) is 0 Å². The second-order valence-corrected chi connectivity index (χ2v) is 6.31. The number of piperidine rings is 1. The average molecular weight is 316 g/mol. The quantitative estimate of drug-likeness (QED) is 0.826. The first kappa shape index (κ1) is 15.5. The molecule has 0 aliphatic carbocycles. The topological polar surface area (TPSA) is 82.6 Å². The molecule has 122 valence electrons. The molecule has 0 atom stereocenters. The van der Waals surface area contributed by atoms with Crippen LogP contribution < -0.4 is 5.32 Å². The van der Waals surface area contributed by atoms with Crippen molar-refractivity contribution < 1.29 is 14.4 Å². The summed E-state index contributed by atoms with van der Waals surface area (Å²) in [7, 11) is 0. The summed E-state index contributed by atoms with van der Waals surface area (Å²) in [5, 5.41) is 2.84. The van der Waals surface area contributed by atoms with Gasteiger partial charge in [0.1, 0.15) is 5.54 Å². The summed E-state index contributed by atoms with van der Waals surface area (Å²) in [4.78, 5) is 44.0. The zero-order valence-corrected chi connectivity index (χ0v) is 13.3. The highest BCUT2D eigenvalue weighted by molar-refractivity contribution is 6.07. The number of urea groups is 1. The lowest BCUT2D eigenvalue weighted by Crippen LogP contribution is -2.56. The van der Waals surface area contributed by atoms with Crippen molar-refractivity contribution in [1.82, 2.24) is 20.1 Å². The molecular weight excluding hydrogens is 296 g/mol. The molecular formula is C16H20N4O3. The lowest BCUT2D eigenvalue weighted by Gasteiger charge is -2.37. The Labute approximate surface area is 134 Å². The molecule has 0 saturated carbocycles. The minimum Gasteiger partial charge on any atom is -0.338 e. The Morgan fingerprint density at radius 3 is 2.35 bits per heavy atom. The second-order valence-electron chi connectivity index (χ2n) is 6.31. The Morgan fingerprint density at radius 1 is 1.22 bits per heavy atom. The highest BCUT2D eigenvalue weighted by Crippen LogP contribution is 2.31. The van der Waals surface area contributed by atoms with Crippen LogP contribution >= 0.6 is 0 Å². The van der Waals surface area contributed by atoms with Crippen molar-refractivity contribution >= 4 is 17.8 Å². The van der Waals surface area contributed by atoms with Gasteiger partial charge in [-0.15, -0.1) is 0 Å². The molecule has 3 heterocycles. The van der Waals surface area contributed by atoms with Gasteiger partial charge in [-0.1, -0.05) is 0 Å². The molecule has 2 aliphatic heterocycles. The molecule has 1 N–H and O–H groups in total. The summed E-state index contributed by atoms with van der Waals surface area (Å²) in [6, 6.07) is 2.85. The Hall–Kier alpha value is -2.44. The van der Waals surface area contributed by atoms with E-state index in [0.29, 0.717) is 31.5 Å². The van der Waals surface area contributed by atoms with Crippen LogP contribution in [0.4, 0.5) is 4.79 Å². The number of likely N-dealkylation sites (tertiary alicyclic amines) is 1. The van der Waals surface area contributed by atoms with Crippen molar-refractivity contribution in [2.45, 2.75) is 38.3 Å². The summed E-state index contributed by atoms with van der Waals surface area (Å²) >= 11 is 0. The van der Waals surface area contributed by atoms with Crippen LogP contribution in [0.25, 0.3) is 0 Å². The number of hydrogen-bond donors (Lipinski definition) is 1. The first-order valence-corrected chi connectivity index (χ1v) is 7.80. The van der Waals surface area contributed by atoms with Gasteiger partial charge in [-0.3, -0.25) is 19.5 Å². The van der Waals surface area contributed by atoms with E-state index in [0.717, 1.165) is 0 Å². The van der Waals surface area contributed by atoms with Gasteiger partial charge in [0.25, 0.3) is 11.8 Å². The number of imide groups is 1. The number of aromatic nitrogens is 1. The first-order valence-electron chi connectivity index (χ1n) is 7.80. The van der Waals surface area contributed by atoms with Crippen LogP contribution in [0.2, 0.25) is 0 Å². The Morgan fingerprint density at radius 2 is 1.83 bits per heavy atom. The molecule has 4 amide bonds. The fourth-order valence-corrected chi connectivity index (χ4v) is 3.22. The molecule has 0 radical (unpaired) electrons. The SMILES string of the molecule is CC(C)N1C(=O)NC2(CCN(C(=O)c3ccncc3)CC2)C1=O. The third-order valence-electron chi connectivity index (χ3n) is 4.54. The molecule has 1 aromatic heterocycles. The summed E-state index contributed by atoms with van der Waals surface area (Å²) in [6.45, 7) is 4.52. The van der Waals surface area contributed by atoms with Gasteiger partial charge in [0.2, 0.25) is 0 Å². The molecule has 3 rings (SSSR count). The maximum atomic E-state index is 12.6. The van der Waals surface area contributed by atoms with Crippen LogP contribution in [-0.4, -0.2) is 57.3 Å². The minimum atomic E-state index is -0.851. The standard InChI is InChI=1S/C16H20N4O3/c1-11(2)20-14(22)16(18-15(20)23)5-9-19(10-6-16)13(21)12-3-7-17-8-4-12/h3-4,7-8,11H,5-6,9-10H2,1-2H3,(H,18,23). The van der Waals surface area contributed by atoms with E-state index >= 15 is 0 Å². The molecule has 0 unspecified atom stereocenters. The van der Waals surface area contributed by atoms with E-state index in [4.69, 9.17) is 0 Å². The molecule has 7 nitrogen and oxygen atoms in total. The lowest BCUT2D eigenvalue weighted by molar-refractivity contribution is -0.133. The van der Waals surface area contributed by atoms with Crippen LogP contribution in [0.15, 0.2) is 24.5 Å². The van der Waals surface area contributed by atoms with Gasteiger partial charge < -0.3 is 10.2 Å². The Kier molecular flexibility index (Phi) is 3.79. The van der Waals surface area contributed by atoms with E-state index in [2.05, 4.69) is 10.3 Å². The average Bonchev–Trinajstić information content (AvgIpc) is 2.78. The number of rotatable bonds is 2. The Balaban J connectivity index is 1.70. The van der Waals surface area contributed by atoms with Gasteiger partial charge >= 0.3 is 6.03 Å². The van der Waals surface area contributed by atoms with E-state index in [-0.39, 0.29) is 23.9 Å². The number of hydrogen-bond acceptors (Lipinski definition) is 4. The molecule has 1 aromatic rings. The fraction of sp³-hybridized carbons (Fsp3) is 0.500. The number of pyridine rings is 1. The van der Waals surface area contributed by atoms with Crippen molar-refractivity contribution in [1.29, 1.82) is 0 Å². The molecule has 2 fully saturated rings. The maximum Gasteiger partial charge on any atom is 0.325 e. The smallest absolute Gasteiger partial charge is 0.325 e. The zero-order valence-electron chi connectivity index (χ0n) is 13.3. The van der Waals surface area contributed by atoms with E-state index in [9.17, 15) is 14.4 Å². The van der Waals surface area contributed by atoms with Crippen molar-refractivity contribution in [3.8, 4) is 0 Å². The van der Waals surface area contributed by atoms with Gasteiger partial charge in [0, 0.05) is 37.1 Å². The second kappa shape index (κ2) is 5.64. The molecule has 0 aromatic carbocycles. The number of carbonyl (C=O) groups is 3. The third-order valence-corrected chi connectivity index (χ3v) is 4.54. The van der Waals surface area contributed by atoms with Crippen LogP contribution in [0.1, 0.15) is 37.0 Å². The van der Waals surface area contributed by atoms with Crippen LogP contribution in [-0.2, 0) is 4.79 Å². The van der Waals surface area contributed by atoms with E-state index in [1.165, 1.54) is 4.90 Å². The van der Waals surface area contributed by atoms with Crippen molar-refractivity contribution in [3.05, 3.63) is 30.1 Å². The fourth-order valence-electron chi connectivity index (χ4n) is 3.22. The number of nitrogens with one attached hydrogen (secondary N) is 1. The van der Waals surface area contributed by atoms with Crippen molar-refractivity contribution in [2.75, 3.05) is 13.1 Å². The van der Waals surface area contributed by atoms with Gasteiger partial charge in [0.05, 0.1) is 0 Å². The first-order chi connectivity index (χ1) is 10.9. The number of amides is 4. The van der Waals surface area contributed by atoms with Crippen LogP contribution in [0.5, 0.6) is 0 Å². The zero-order chi connectivity index (χ0) is 16.6. The summed E-state index contributed by atoms with van der Waals surface area (Å²) < 4.78 is 0. The van der Waals surface area contributed by atoms with E-state index in [1.807, 2.05) is 13.8 Å². The predicted molar refractivity (Wildman–Crippen MR) is 82.6 cm³/mol. The molecule has 0 bridgehead atoms. The largest absolute Gasteiger partial charge is 0.338 e. The maximum absolute atomic E-state index is 12.6. The van der Waals surface area contributed by atoms with E-state index < -0.39 is 5.54 Å². The third kappa shape index (κ3) is 2.56. The lowest BCUT2D eigenvalue weighted by atomic mass is 9.87. The summed E-state index contributed by atoms with van der Waals surface area (Å²) in [5.74, 6) is -0.242. The molecule has 7 heteroatoms. The molecule has 1 spiro atoms. The predicted octanol–water partition coefficient (Wildman–Crippen LogP) is 1.02. The van der Waals surface area contributed by atoms with Crippen molar-refractivity contribution in [3.63, 3.8) is 0 Å². The molecule has 23 heavy (non-hydrogen) atoms. The van der Waals surface area contributed by atoms with Gasteiger partial charge in [0.15, 0.2) is 0 Å². The van der Waals surface area contributed by atoms with Crippen LogP contribution in [0.3, 0.4) is 0 Å². The van der Waals surface area contributed by atoms with Crippen molar-refractivity contribution in [2.24, 2.45) is 0 Å². The number of nitrogens with zero attached hydrogens (tertiary/aromatic N) is 3. The Bertz CT molecular complexity index is 636. The summed E-state index contributed by atoms with van der Waals surface area (Å²) in [6.07, 6.45) is 4.05. The highest BCUT2D eigenvalue weighted by atomic mass is 16.2. The van der Waals surface area contributed by atoms with Gasteiger partial charge in [-0.05, 0) is 38.8 Å². The minimum absolute atomic E-state index is 0.0697. The monoisotopic (exact) mass is 316 g/mol.